The van der Waals surface area contributed by atoms with Gasteiger partial charge in [-0.2, -0.15) is 0 Å². The van der Waals surface area contributed by atoms with Crippen molar-refractivity contribution < 1.29 is 4.79 Å². The summed E-state index contributed by atoms with van der Waals surface area (Å²) in [4.78, 5) is 12.1. The summed E-state index contributed by atoms with van der Waals surface area (Å²) in [5, 5.41) is 5.99. The molecule has 1 atom stereocenters. The minimum Gasteiger partial charge on any atom is -0.334 e. The van der Waals surface area contributed by atoms with Gasteiger partial charge in [0.05, 0.1) is 0 Å². The number of carbonyl (C=O) groups is 1. The van der Waals surface area contributed by atoms with Crippen LogP contribution in [0.1, 0.15) is 24.0 Å². The lowest BCUT2D eigenvalue weighted by Gasteiger charge is -2.31. The van der Waals surface area contributed by atoms with E-state index < -0.39 is 0 Å². The van der Waals surface area contributed by atoms with Gasteiger partial charge in [-0.05, 0) is 56.2 Å². The summed E-state index contributed by atoms with van der Waals surface area (Å²) in [7, 11) is 0. The summed E-state index contributed by atoms with van der Waals surface area (Å²) in [5.74, 6) is 0. The molecule has 1 aliphatic heterocycles. The maximum Gasteiger partial charge on any atom is 0.319 e. The van der Waals surface area contributed by atoms with E-state index in [9.17, 15) is 4.79 Å². The molecule has 1 saturated heterocycles. The van der Waals surface area contributed by atoms with Crippen molar-refractivity contribution in [3.05, 3.63) is 29.3 Å². The highest BCUT2D eigenvalue weighted by Crippen LogP contribution is 2.17. The SMILES string of the molecule is CSN1CCCC(NC(=O)Nc2cc(C)cc(C)c2)C1. The van der Waals surface area contributed by atoms with Crippen LogP contribution in [0.2, 0.25) is 0 Å². The van der Waals surface area contributed by atoms with Crippen LogP contribution in [-0.4, -0.2) is 35.7 Å². The fourth-order valence-electron chi connectivity index (χ4n) is 2.63. The quantitative estimate of drug-likeness (QED) is 0.841. The van der Waals surface area contributed by atoms with Crippen LogP contribution in [-0.2, 0) is 0 Å². The van der Waals surface area contributed by atoms with Crippen LogP contribution >= 0.6 is 11.9 Å². The van der Waals surface area contributed by atoms with Crippen molar-refractivity contribution in [3.8, 4) is 0 Å². The fraction of sp³-hybridized carbons (Fsp3) is 0.533. The normalized spacial score (nSPS) is 19.6. The number of carbonyl (C=O) groups excluding carboxylic acids is 1. The van der Waals surface area contributed by atoms with Crippen LogP contribution in [0.15, 0.2) is 18.2 Å². The summed E-state index contributed by atoms with van der Waals surface area (Å²) in [6.07, 6.45) is 4.27. The number of urea groups is 1. The second-order valence-corrected chi connectivity index (χ2v) is 6.27. The number of piperidine rings is 1. The summed E-state index contributed by atoms with van der Waals surface area (Å²) in [6, 6.07) is 6.20. The zero-order valence-electron chi connectivity index (χ0n) is 12.4. The molecule has 0 radical (unpaired) electrons. The molecule has 0 spiro atoms. The first kappa shape index (κ1) is 15.2. The molecule has 5 heteroatoms. The molecule has 1 aromatic carbocycles. The Morgan fingerprint density at radius 3 is 2.65 bits per heavy atom. The molecule has 1 heterocycles. The molecule has 110 valence electrons. The molecule has 4 nitrogen and oxygen atoms in total. The van der Waals surface area contributed by atoms with E-state index in [0.717, 1.165) is 42.7 Å². The number of anilines is 1. The van der Waals surface area contributed by atoms with Crippen molar-refractivity contribution in [1.82, 2.24) is 9.62 Å². The molecule has 0 aliphatic carbocycles. The number of rotatable bonds is 3. The fourth-order valence-corrected chi connectivity index (χ4v) is 3.27. The second-order valence-electron chi connectivity index (χ2n) is 5.38. The third-order valence-corrected chi connectivity index (χ3v) is 4.31. The first-order valence-electron chi connectivity index (χ1n) is 7.01. The van der Waals surface area contributed by atoms with Gasteiger partial charge in [0.15, 0.2) is 0 Å². The number of benzene rings is 1. The largest absolute Gasteiger partial charge is 0.334 e. The Morgan fingerprint density at radius 1 is 1.30 bits per heavy atom. The first-order valence-corrected chi connectivity index (χ1v) is 8.20. The van der Waals surface area contributed by atoms with Gasteiger partial charge in [0, 0.05) is 24.8 Å². The monoisotopic (exact) mass is 293 g/mol. The first-order chi connectivity index (χ1) is 9.56. The number of amides is 2. The van der Waals surface area contributed by atoms with E-state index in [1.807, 2.05) is 26.0 Å². The molecule has 1 unspecified atom stereocenters. The minimum atomic E-state index is -0.108. The molecule has 0 saturated carbocycles. The predicted molar refractivity (Wildman–Crippen MR) is 86.2 cm³/mol. The van der Waals surface area contributed by atoms with Crippen LogP contribution in [0.3, 0.4) is 0 Å². The number of hydrogen-bond donors (Lipinski definition) is 2. The van der Waals surface area contributed by atoms with E-state index in [-0.39, 0.29) is 12.1 Å². The molecule has 1 fully saturated rings. The average molecular weight is 293 g/mol. The maximum atomic E-state index is 12.1. The lowest BCUT2D eigenvalue weighted by molar-refractivity contribution is 0.239. The van der Waals surface area contributed by atoms with Gasteiger partial charge >= 0.3 is 6.03 Å². The number of hydrogen-bond acceptors (Lipinski definition) is 3. The maximum absolute atomic E-state index is 12.1. The van der Waals surface area contributed by atoms with Crippen LogP contribution in [0, 0.1) is 13.8 Å². The number of aryl methyl sites for hydroxylation is 2. The highest BCUT2D eigenvalue weighted by molar-refractivity contribution is 7.96. The predicted octanol–water partition coefficient (Wildman–Crippen LogP) is 3.17. The Bertz CT molecular complexity index is 458. The smallest absolute Gasteiger partial charge is 0.319 e. The van der Waals surface area contributed by atoms with Gasteiger partial charge in [-0.25, -0.2) is 9.10 Å². The summed E-state index contributed by atoms with van der Waals surface area (Å²) < 4.78 is 2.30. The van der Waals surface area contributed by atoms with E-state index in [0.29, 0.717) is 0 Å². The van der Waals surface area contributed by atoms with Gasteiger partial charge in [-0.3, -0.25) is 0 Å². The van der Waals surface area contributed by atoms with Gasteiger partial charge in [0.1, 0.15) is 0 Å². The van der Waals surface area contributed by atoms with E-state index in [4.69, 9.17) is 0 Å². The van der Waals surface area contributed by atoms with Crippen molar-refractivity contribution in [2.24, 2.45) is 0 Å². The lowest BCUT2D eigenvalue weighted by atomic mass is 10.1. The zero-order valence-corrected chi connectivity index (χ0v) is 13.2. The summed E-state index contributed by atoms with van der Waals surface area (Å²) in [6.45, 7) is 6.10. The Hall–Kier alpha value is -1.20. The Morgan fingerprint density at radius 2 is 2.00 bits per heavy atom. The van der Waals surface area contributed by atoms with Gasteiger partial charge in [0.25, 0.3) is 0 Å². The molecule has 2 N–H and O–H groups in total. The van der Waals surface area contributed by atoms with E-state index >= 15 is 0 Å². The van der Waals surface area contributed by atoms with E-state index in [1.165, 1.54) is 0 Å². The highest BCUT2D eigenvalue weighted by Gasteiger charge is 2.20. The Labute approximate surface area is 125 Å². The standard InChI is InChI=1S/C15H23N3OS/c1-11-7-12(2)9-14(8-11)17-15(19)16-13-5-4-6-18(10-13)20-3/h7-9,13H,4-6,10H2,1-3H3,(H2,16,17,19). The van der Waals surface area contributed by atoms with Crippen molar-refractivity contribution in [3.63, 3.8) is 0 Å². The van der Waals surface area contributed by atoms with Crippen LogP contribution in [0.25, 0.3) is 0 Å². The Balaban J connectivity index is 1.88. The molecular weight excluding hydrogens is 270 g/mol. The topological polar surface area (TPSA) is 44.4 Å². The summed E-state index contributed by atoms with van der Waals surface area (Å²) in [5.41, 5.74) is 3.18. The molecule has 0 bridgehead atoms. The van der Waals surface area contributed by atoms with Crippen LogP contribution in [0.4, 0.5) is 10.5 Å². The van der Waals surface area contributed by atoms with Crippen molar-refractivity contribution in [2.45, 2.75) is 32.7 Å². The van der Waals surface area contributed by atoms with Crippen LogP contribution < -0.4 is 10.6 Å². The molecule has 1 aromatic rings. The van der Waals surface area contributed by atoms with Crippen molar-refractivity contribution >= 4 is 23.7 Å². The molecular formula is C15H23N3OS. The van der Waals surface area contributed by atoms with Crippen molar-refractivity contribution in [1.29, 1.82) is 0 Å². The lowest BCUT2D eigenvalue weighted by Crippen LogP contribution is -2.46. The molecule has 2 rings (SSSR count). The number of nitrogens with zero attached hydrogens (tertiary/aromatic N) is 1. The Kier molecular flexibility index (Phi) is 5.31. The molecule has 1 aliphatic rings. The van der Waals surface area contributed by atoms with E-state index in [2.05, 4.69) is 27.3 Å². The number of nitrogens with one attached hydrogen (secondary N) is 2. The van der Waals surface area contributed by atoms with E-state index in [1.54, 1.807) is 11.9 Å². The van der Waals surface area contributed by atoms with Gasteiger partial charge in [-0.15, -0.1) is 0 Å². The molecule has 0 aromatic heterocycles. The van der Waals surface area contributed by atoms with Gasteiger partial charge < -0.3 is 10.6 Å². The molecule has 2 amide bonds. The average Bonchev–Trinajstić information content (AvgIpc) is 2.37. The van der Waals surface area contributed by atoms with Gasteiger partial charge in [0.2, 0.25) is 0 Å². The highest BCUT2D eigenvalue weighted by atomic mass is 32.2. The molecule has 20 heavy (non-hydrogen) atoms. The third kappa shape index (κ3) is 4.42. The van der Waals surface area contributed by atoms with Crippen LogP contribution in [0.5, 0.6) is 0 Å². The minimum absolute atomic E-state index is 0.108. The second kappa shape index (κ2) is 6.99. The zero-order chi connectivity index (χ0) is 14.5. The third-order valence-electron chi connectivity index (χ3n) is 3.46. The van der Waals surface area contributed by atoms with Crippen molar-refractivity contribution in [2.75, 3.05) is 24.7 Å². The summed E-state index contributed by atoms with van der Waals surface area (Å²) >= 11 is 1.75. The van der Waals surface area contributed by atoms with Gasteiger partial charge in [-0.1, -0.05) is 18.0 Å².